The number of ether oxygens (including phenoxy) is 1. The van der Waals surface area contributed by atoms with Crippen LogP contribution in [-0.2, 0) is 6.54 Å². The van der Waals surface area contributed by atoms with Crippen LogP contribution in [0.15, 0.2) is 18.2 Å². The molecule has 19 heavy (non-hydrogen) atoms. The molecular weight excluding hydrogens is 238 g/mol. The third-order valence-electron chi connectivity index (χ3n) is 3.82. The molecule has 0 atom stereocenters. The molecule has 1 heterocycles. The van der Waals surface area contributed by atoms with Gasteiger partial charge < -0.3 is 15.4 Å². The predicted octanol–water partition coefficient (Wildman–Crippen LogP) is 1.68. The second-order valence-electron chi connectivity index (χ2n) is 5.47. The van der Waals surface area contributed by atoms with E-state index in [4.69, 9.17) is 10.5 Å². The molecule has 2 rings (SSSR count). The average molecular weight is 263 g/mol. The molecule has 1 aliphatic rings. The van der Waals surface area contributed by atoms with E-state index < -0.39 is 0 Å². The van der Waals surface area contributed by atoms with E-state index >= 15 is 0 Å². The molecule has 0 aromatic heterocycles. The van der Waals surface area contributed by atoms with Crippen molar-refractivity contribution < 1.29 is 4.74 Å². The SMILES string of the molecule is COc1cccc(N(C)C)c1CN1CCC(N)CC1. The molecule has 1 aromatic carbocycles. The van der Waals surface area contributed by atoms with Gasteiger partial charge in [-0.2, -0.15) is 0 Å². The summed E-state index contributed by atoms with van der Waals surface area (Å²) in [5.41, 5.74) is 8.46. The number of hydrogen-bond acceptors (Lipinski definition) is 4. The van der Waals surface area contributed by atoms with Crippen LogP contribution in [-0.4, -0.2) is 45.2 Å². The normalized spacial score (nSPS) is 17.5. The Morgan fingerprint density at radius 2 is 2.00 bits per heavy atom. The smallest absolute Gasteiger partial charge is 0.125 e. The molecule has 1 aromatic rings. The van der Waals surface area contributed by atoms with Crippen molar-refractivity contribution in [2.45, 2.75) is 25.4 Å². The van der Waals surface area contributed by atoms with Gasteiger partial charge in [-0.25, -0.2) is 0 Å². The minimum atomic E-state index is 0.377. The molecule has 4 nitrogen and oxygen atoms in total. The third kappa shape index (κ3) is 3.39. The van der Waals surface area contributed by atoms with Crippen LogP contribution >= 0.6 is 0 Å². The summed E-state index contributed by atoms with van der Waals surface area (Å²) in [6, 6.07) is 6.61. The number of anilines is 1. The molecule has 0 saturated carbocycles. The first-order chi connectivity index (χ1) is 9.11. The maximum Gasteiger partial charge on any atom is 0.125 e. The molecule has 1 aliphatic heterocycles. The maximum absolute atomic E-state index is 5.96. The van der Waals surface area contributed by atoms with Crippen molar-refractivity contribution in [3.8, 4) is 5.75 Å². The molecule has 0 amide bonds. The van der Waals surface area contributed by atoms with E-state index in [1.165, 1.54) is 11.3 Å². The van der Waals surface area contributed by atoms with Crippen LogP contribution in [0.4, 0.5) is 5.69 Å². The Kier molecular flexibility index (Phi) is 4.66. The van der Waals surface area contributed by atoms with Crippen molar-refractivity contribution in [3.63, 3.8) is 0 Å². The van der Waals surface area contributed by atoms with Crippen LogP contribution in [0, 0.1) is 0 Å². The van der Waals surface area contributed by atoms with E-state index in [0.29, 0.717) is 6.04 Å². The number of likely N-dealkylation sites (tertiary alicyclic amines) is 1. The Morgan fingerprint density at radius 3 is 2.58 bits per heavy atom. The van der Waals surface area contributed by atoms with Crippen LogP contribution in [0.5, 0.6) is 5.75 Å². The summed E-state index contributed by atoms with van der Waals surface area (Å²) < 4.78 is 5.52. The van der Waals surface area contributed by atoms with Crippen LogP contribution in [0.1, 0.15) is 18.4 Å². The van der Waals surface area contributed by atoms with Gasteiger partial charge in [0.15, 0.2) is 0 Å². The van der Waals surface area contributed by atoms with E-state index in [9.17, 15) is 0 Å². The lowest BCUT2D eigenvalue weighted by Gasteiger charge is -2.31. The summed E-state index contributed by atoms with van der Waals surface area (Å²) in [6.07, 6.45) is 2.18. The molecule has 0 bridgehead atoms. The van der Waals surface area contributed by atoms with Crippen LogP contribution in [0.25, 0.3) is 0 Å². The lowest BCUT2D eigenvalue weighted by atomic mass is 10.0. The minimum absolute atomic E-state index is 0.377. The lowest BCUT2D eigenvalue weighted by molar-refractivity contribution is 0.203. The molecule has 106 valence electrons. The van der Waals surface area contributed by atoms with Gasteiger partial charge in [-0.1, -0.05) is 6.07 Å². The first kappa shape index (κ1) is 14.2. The highest BCUT2D eigenvalue weighted by atomic mass is 16.5. The van der Waals surface area contributed by atoms with Crippen molar-refractivity contribution in [2.24, 2.45) is 5.73 Å². The quantitative estimate of drug-likeness (QED) is 0.897. The molecule has 0 radical (unpaired) electrons. The molecule has 4 heteroatoms. The van der Waals surface area contributed by atoms with Crippen LogP contribution in [0.2, 0.25) is 0 Å². The van der Waals surface area contributed by atoms with E-state index in [1.807, 2.05) is 12.1 Å². The molecule has 1 saturated heterocycles. The number of nitrogens with zero attached hydrogens (tertiary/aromatic N) is 2. The maximum atomic E-state index is 5.96. The van der Waals surface area contributed by atoms with Crippen molar-refractivity contribution >= 4 is 5.69 Å². The van der Waals surface area contributed by atoms with Gasteiger partial charge >= 0.3 is 0 Å². The van der Waals surface area contributed by atoms with Gasteiger partial charge in [-0.05, 0) is 38.1 Å². The second-order valence-corrected chi connectivity index (χ2v) is 5.47. The molecule has 2 N–H and O–H groups in total. The molecule has 0 aliphatic carbocycles. The fraction of sp³-hybridized carbons (Fsp3) is 0.600. The average Bonchev–Trinajstić information content (AvgIpc) is 2.41. The van der Waals surface area contributed by atoms with Crippen LogP contribution < -0.4 is 15.4 Å². The minimum Gasteiger partial charge on any atom is -0.496 e. The number of rotatable bonds is 4. The third-order valence-corrected chi connectivity index (χ3v) is 3.82. The Bertz CT molecular complexity index is 412. The summed E-state index contributed by atoms with van der Waals surface area (Å²) in [6.45, 7) is 3.09. The largest absolute Gasteiger partial charge is 0.496 e. The van der Waals surface area contributed by atoms with Crippen molar-refractivity contribution in [1.29, 1.82) is 0 Å². The van der Waals surface area contributed by atoms with Crippen LogP contribution in [0.3, 0.4) is 0 Å². The first-order valence-corrected chi connectivity index (χ1v) is 6.93. The zero-order valence-corrected chi connectivity index (χ0v) is 12.2. The zero-order chi connectivity index (χ0) is 13.8. The number of hydrogen-bond donors (Lipinski definition) is 1. The zero-order valence-electron chi connectivity index (χ0n) is 12.2. The number of nitrogens with two attached hydrogens (primary N) is 1. The first-order valence-electron chi connectivity index (χ1n) is 6.93. The van der Waals surface area contributed by atoms with Gasteiger partial charge in [-0.15, -0.1) is 0 Å². The lowest BCUT2D eigenvalue weighted by Crippen LogP contribution is -2.39. The van der Waals surface area contributed by atoms with Gasteiger partial charge in [0.2, 0.25) is 0 Å². The highest BCUT2D eigenvalue weighted by Gasteiger charge is 2.19. The Balaban J connectivity index is 2.18. The topological polar surface area (TPSA) is 41.7 Å². The molecular formula is C15H25N3O. The van der Waals surface area contributed by atoms with Crippen molar-refractivity contribution in [1.82, 2.24) is 4.90 Å². The van der Waals surface area contributed by atoms with E-state index in [2.05, 4.69) is 30.0 Å². The summed E-state index contributed by atoms with van der Waals surface area (Å²) >= 11 is 0. The Labute approximate surface area is 116 Å². The van der Waals surface area contributed by atoms with Gasteiger partial charge in [0.25, 0.3) is 0 Å². The van der Waals surface area contributed by atoms with Gasteiger partial charge in [0.1, 0.15) is 5.75 Å². The Morgan fingerprint density at radius 1 is 1.32 bits per heavy atom. The molecule has 0 unspecified atom stereocenters. The van der Waals surface area contributed by atoms with Gasteiger partial charge in [0.05, 0.1) is 7.11 Å². The monoisotopic (exact) mass is 263 g/mol. The number of benzene rings is 1. The fourth-order valence-electron chi connectivity index (χ4n) is 2.66. The summed E-state index contributed by atoms with van der Waals surface area (Å²) in [5.74, 6) is 0.973. The summed E-state index contributed by atoms with van der Waals surface area (Å²) in [7, 11) is 5.89. The van der Waals surface area contributed by atoms with Gasteiger partial charge in [-0.3, -0.25) is 4.90 Å². The standard InChI is InChI=1S/C15H25N3O/c1-17(2)14-5-4-6-15(19-3)13(14)11-18-9-7-12(16)8-10-18/h4-6,12H,7-11,16H2,1-3H3. The Hall–Kier alpha value is -1.26. The van der Waals surface area contributed by atoms with Crippen molar-refractivity contribution in [2.75, 3.05) is 39.2 Å². The summed E-state index contributed by atoms with van der Waals surface area (Å²) in [4.78, 5) is 4.61. The summed E-state index contributed by atoms with van der Waals surface area (Å²) in [5, 5.41) is 0. The highest BCUT2D eigenvalue weighted by molar-refractivity contribution is 5.58. The predicted molar refractivity (Wildman–Crippen MR) is 79.8 cm³/mol. The van der Waals surface area contributed by atoms with Gasteiger partial charge in [0, 0.05) is 37.9 Å². The molecule has 0 spiro atoms. The van der Waals surface area contributed by atoms with E-state index in [0.717, 1.165) is 38.2 Å². The van der Waals surface area contributed by atoms with E-state index in [-0.39, 0.29) is 0 Å². The number of piperidine rings is 1. The highest BCUT2D eigenvalue weighted by Crippen LogP contribution is 2.30. The van der Waals surface area contributed by atoms with Crippen molar-refractivity contribution in [3.05, 3.63) is 23.8 Å². The van der Waals surface area contributed by atoms with E-state index in [1.54, 1.807) is 7.11 Å². The molecule has 1 fully saturated rings. The number of methoxy groups -OCH3 is 1. The fourth-order valence-corrected chi connectivity index (χ4v) is 2.66. The second kappa shape index (κ2) is 6.26.